The lowest BCUT2D eigenvalue weighted by atomic mass is 10.0. The SMILES string of the molecule is C[C@@H]1CCCCN1CCNC(=O)c1nnc(-c2ccncc2)o1. The highest BCUT2D eigenvalue weighted by molar-refractivity contribution is 5.89. The number of pyridine rings is 1. The zero-order valence-electron chi connectivity index (χ0n) is 13.2. The molecular weight excluding hydrogens is 294 g/mol. The van der Waals surface area contributed by atoms with Gasteiger partial charge in [-0.05, 0) is 38.4 Å². The van der Waals surface area contributed by atoms with Crippen LogP contribution in [0.3, 0.4) is 0 Å². The van der Waals surface area contributed by atoms with Gasteiger partial charge in [-0.2, -0.15) is 0 Å². The van der Waals surface area contributed by atoms with E-state index in [-0.39, 0.29) is 11.8 Å². The molecule has 0 aromatic carbocycles. The van der Waals surface area contributed by atoms with Gasteiger partial charge in [-0.3, -0.25) is 14.7 Å². The topological polar surface area (TPSA) is 84.2 Å². The number of hydrogen-bond acceptors (Lipinski definition) is 6. The van der Waals surface area contributed by atoms with Crippen LogP contribution in [-0.4, -0.2) is 51.7 Å². The van der Waals surface area contributed by atoms with Gasteiger partial charge in [0.05, 0.1) is 0 Å². The van der Waals surface area contributed by atoms with Crippen molar-refractivity contribution < 1.29 is 9.21 Å². The molecule has 0 aliphatic carbocycles. The molecule has 0 radical (unpaired) electrons. The Labute approximate surface area is 135 Å². The Morgan fingerprint density at radius 1 is 1.35 bits per heavy atom. The number of rotatable bonds is 5. The molecule has 1 N–H and O–H groups in total. The van der Waals surface area contributed by atoms with Gasteiger partial charge in [0.25, 0.3) is 0 Å². The first-order valence-electron chi connectivity index (χ1n) is 8.00. The molecule has 2 aromatic heterocycles. The third kappa shape index (κ3) is 3.92. The molecule has 23 heavy (non-hydrogen) atoms. The maximum atomic E-state index is 12.1. The number of likely N-dealkylation sites (tertiary alicyclic amines) is 1. The van der Waals surface area contributed by atoms with Crippen LogP contribution >= 0.6 is 0 Å². The lowest BCUT2D eigenvalue weighted by Crippen LogP contribution is -2.42. The molecule has 2 aromatic rings. The highest BCUT2D eigenvalue weighted by Gasteiger charge is 2.19. The van der Waals surface area contributed by atoms with Crippen molar-refractivity contribution in [1.82, 2.24) is 25.4 Å². The molecule has 7 heteroatoms. The van der Waals surface area contributed by atoms with Crippen molar-refractivity contribution >= 4 is 5.91 Å². The molecule has 7 nitrogen and oxygen atoms in total. The summed E-state index contributed by atoms with van der Waals surface area (Å²) in [4.78, 5) is 18.4. The summed E-state index contributed by atoms with van der Waals surface area (Å²) in [5.74, 6) is -0.0202. The summed E-state index contributed by atoms with van der Waals surface area (Å²) in [6, 6.07) is 4.10. The fourth-order valence-corrected chi connectivity index (χ4v) is 2.80. The van der Waals surface area contributed by atoms with E-state index >= 15 is 0 Å². The smallest absolute Gasteiger partial charge is 0.308 e. The molecule has 0 saturated carbocycles. The Morgan fingerprint density at radius 3 is 2.96 bits per heavy atom. The number of aromatic nitrogens is 3. The number of piperidine rings is 1. The molecule has 0 bridgehead atoms. The summed E-state index contributed by atoms with van der Waals surface area (Å²) in [6.45, 7) is 4.76. The number of hydrogen-bond donors (Lipinski definition) is 1. The Morgan fingerprint density at radius 2 is 2.17 bits per heavy atom. The monoisotopic (exact) mass is 315 g/mol. The van der Waals surface area contributed by atoms with Crippen LogP contribution in [0.4, 0.5) is 0 Å². The summed E-state index contributed by atoms with van der Waals surface area (Å²) >= 11 is 0. The van der Waals surface area contributed by atoms with E-state index in [1.165, 1.54) is 19.3 Å². The van der Waals surface area contributed by atoms with Crippen LogP contribution in [0.5, 0.6) is 0 Å². The number of carbonyl (C=O) groups is 1. The quantitative estimate of drug-likeness (QED) is 0.904. The zero-order chi connectivity index (χ0) is 16.1. The van der Waals surface area contributed by atoms with Crippen LogP contribution in [0.1, 0.15) is 36.9 Å². The third-order valence-corrected chi connectivity index (χ3v) is 4.17. The minimum atomic E-state index is -0.331. The highest BCUT2D eigenvalue weighted by atomic mass is 16.4. The van der Waals surface area contributed by atoms with E-state index in [1.807, 2.05) is 0 Å². The molecule has 122 valence electrons. The summed E-state index contributed by atoms with van der Waals surface area (Å²) in [7, 11) is 0. The van der Waals surface area contributed by atoms with Crippen molar-refractivity contribution in [2.24, 2.45) is 0 Å². The van der Waals surface area contributed by atoms with Crippen LogP contribution in [0.2, 0.25) is 0 Å². The second-order valence-electron chi connectivity index (χ2n) is 5.78. The molecule has 1 amide bonds. The molecule has 1 atom stereocenters. The summed E-state index contributed by atoms with van der Waals surface area (Å²) in [5, 5.41) is 10.6. The molecule has 1 aliphatic rings. The molecule has 0 spiro atoms. The fraction of sp³-hybridized carbons (Fsp3) is 0.500. The minimum Gasteiger partial charge on any atom is -0.412 e. The standard InChI is InChI=1S/C16H21N5O2/c1-12-4-2-3-10-21(12)11-9-18-14(22)16-20-19-15(23-16)13-5-7-17-8-6-13/h5-8,12H,2-4,9-11H2,1H3,(H,18,22)/t12-/m1/s1. The van der Waals surface area contributed by atoms with Crippen LogP contribution < -0.4 is 5.32 Å². The van der Waals surface area contributed by atoms with Gasteiger partial charge in [-0.25, -0.2) is 0 Å². The summed E-state index contributed by atoms with van der Waals surface area (Å²) < 4.78 is 5.42. The van der Waals surface area contributed by atoms with Crippen LogP contribution in [0.25, 0.3) is 11.5 Å². The number of carbonyl (C=O) groups excluding carboxylic acids is 1. The average molecular weight is 315 g/mol. The molecule has 3 rings (SSSR count). The lowest BCUT2D eigenvalue weighted by molar-refractivity contribution is 0.0905. The van der Waals surface area contributed by atoms with E-state index in [4.69, 9.17) is 4.42 Å². The van der Waals surface area contributed by atoms with E-state index in [1.54, 1.807) is 24.5 Å². The number of amides is 1. The normalized spacial score (nSPS) is 18.7. The number of nitrogens with zero attached hydrogens (tertiary/aromatic N) is 4. The Bertz CT molecular complexity index is 643. The van der Waals surface area contributed by atoms with Gasteiger partial charge in [-0.1, -0.05) is 6.42 Å². The maximum absolute atomic E-state index is 12.1. The lowest BCUT2D eigenvalue weighted by Gasteiger charge is -2.33. The van der Waals surface area contributed by atoms with E-state index in [9.17, 15) is 4.79 Å². The Hall–Kier alpha value is -2.28. The van der Waals surface area contributed by atoms with E-state index in [0.29, 0.717) is 18.5 Å². The number of nitrogens with one attached hydrogen (secondary N) is 1. The van der Waals surface area contributed by atoms with Gasteiger partial charge in [0.2, 0.25) is 5.89 Å². The first kappa shape index (κ1) is 15.6. The molecule has 1 aliphatic heterocycles. The van der Waals surface area contributed by atoms with Gasteiger partial charge in [-0.15, -0.1) is 10.2 Å². The predicted molar refractivity (Wildman–Crippen MR) is 84.7 cm³/mol. The zero-order valence-corrected chi connectivity index (χ0v) is 13.2. The second kappa shape index (κ2) is 7.32. The van der Waals surface area contributed by atoms with Crippen LogP contribution in [-0.2, 0) is 0 Å². The van der Waals surface area contributed by atoms with E-state index in [2.05, 4.69) is 32.3 Å². The van der Waals surface area contributed by atoms with Gasteiger partial charge >= 0.3 is 11.8 Å². The molecule has 3 heterocycles. The molecule has 1 saturated heterocycles. The van der Waals surface area contributed by atoms with Gasteiger partial charge in [0.15, 0.2) is 0 Å². The predicted octanol–water partition coefficient (Wildman–Crippen LogP) is 1.74. The molecule has 1 fully saturated rings. The van der Waals surface area contributed by atoms with Crippen molar-refractivity contribution in [1.29, 1.82) is 0 Å². The minimum absolute atomic E-state index is 0.0106. The summed E-state index contributed by atoms with van der Waals surface area (Å²) in [5.41, 5.74) is 0.744. The van der Waals surface area contributed by atoms with Gasteiger partial charge in [0.1, 0.15) is 0 Å². The molecule has 0 unspecified atom stereocenters. The van der Waals surface area contributed by atoms with Crippen molar-refractivity contribution in [2.45, 2.75) is 32.2 Å². The highest BCUT2D eigenvalue weighted by Crippen LogP contribution is 2.16. The fourth-order valence-electron chi connectivity index (χ4n) is 2.80. The maximum Gasteiger partial charge on any atom is 0.308 e. The van der Waals surface area contributed by atoms with E-state index in [0.717, 1.165) is 18.7 Å². The summed E-state index contributed by atoms with van der Waals surface area (Å²) in [6.07, 6.45) is 7.03. The van der Waals surface area contributed by atoms with Crippen LogP contribution in [0.15, 0.2) is 28.9 Å². The molecular formula is C16H21N5O2. The van der Waals surface area contributed by atoms with Crippen molar-refractivity contribution in [3.8, 4) is 11.5 Å². The van der Waals surface area contributed by atoms with Crippen molar-refractivity contribution in [2.75, 3.05) is 19.6 Å². The van der Waals surface area contributed by atoms with Gasteiger partial charge in [0, 0.05) is 37.1 Å². The Kier molecular flexibility index (Phi) is 4.97. The van der Waals surface area contributed by atoms with E-state index < -0.39 is 0 Å². The van der Waals surface area contributed by atoms with Gasteiger partial charge < -0.3 is 9.73 Å². The third-order valence-electron chi connectivity index (χ3n) is 4.17. The van der Waals surface area contributed by atoms with Crippen LogP contribution in [0, 0.1) is 0 Å². The van der Waals surface area contributed by atoms with Crippen molar-refractivity contribution in [3.05, 3.63) is 30.4 Å². The first-order valence-corrected chi connectivity index (χ1v) is 8.00. The second-order valence-corrected chi connectivity index (χ2v) is 5.78. The Balaban J connectivity index is 1.52. The largest absolute Gasteiger partial charge is 0.412 e. The van der Waals surface area contributed by atoms with Crippen molar-refractivity contribution in [3.63, 3.8) is 0 Å². The first-order chi connectivity index (χ1) is 11.2. The average Bonchev–Trinajstić information content (AvgIpc) is 3.07.